The van der Waals surface area contributed by atoms with E-state index >= 15 is 0 Å². The zero-order valence-electron chi connectivity index (χ0n) is 15.1. The van der Waals surface area contributed by atoms with Crippen molar-refractivity contribution in [1.29, 1.82) is 0 Å². The molecule has 1 amide bonds. The summed E-state index contributed by atoms with van der Waals surface area (Å²) in [6.07, 6.45) is 0.707. The predicted octanol–water partition coefficient (Wildman–Crippen LogP) is 1.78. The number of benzene rings is 2. The van der Waals surface area contributed by atoms with Crippen molar-refractivity contribution in [2.45, 2.75) is 13.0 Å². The number of carbonyl (C=O) groups is 1. The molecule has 1 aliphatic rings. The number of hydrogen-bond acceptors (Lipinski definition) is 4. The number of hydrogen-bond donors (Lipinski definition) is 0. The fourth-order valence-corrected chi connectivity index (χ4v) is 3.40. The maximum atomic E-state index is 13.0. The number of amides is 1. The van der Waals surface area contributed by atoms with Crippen molar-refractivity contribution in [1.82, 2.24) is 19.2 Å². The molecule has 0 saturated carbocycles. The minimum atomic E-state index is -0.709. The van der Waals surface area contributed by atoms with E-state index in [1.54, 1.807) is 29.2 Å². The number of halogens is 1. The van der Waals surface area contributed by atoms with E-state index in [-0.39, 0.29) is 5.69 Å². The molecule has 0 fully saturated rings. The number of carbonyl (C=O) groups excluding carboxylic acids is 1. The van der Waals surface area contributed by atoms with Crippen molar-refractivity contribution in [2.24, 2.45) is 7.05 Å². The van der Waals surface area contributed by atoms with Crippen molar-refractivity contribution in [3.8, 4) is 5.69 Å². The van der Waals surface area contributed by atoms with Gasteiger partial charge in [-0.25, -0.2) is 4.79 Å². The number of fused-ring (bicyclic) bond motifs is 1. The highest BCUT2D eigenvalue weighted by Crippen LogP contribution is 2.19. The lowest BCUT2D eigenvalue weighted by Gasteiger charge is -2.28. The Labute approximate surface area is 165 Å². The lowest BCUT2D eigenvalue weighted by molar-refractivity contribution is 0.0723. The van der Waals surface area contributed by atoms with E-state index in [1.165, 1.54) is 12.6 Å². The standard InChI is InChI=1S/C20H17ClN4O3/c1-23-18(26)17(22-25(20(23)28)16-8-6-15(21)7-9-16)19(27)24-11-10-13-4-2-3-5-14(13)12-24/h2-9H,10-12H2,1H3. The van der Waals surface area contributed by atoms with Crippen LogP contribution in [0.5, 0.6) is 0 Å². The fraction of sp³-hybridized carbons (Fsp3) is 0.200. The van der Waals surface area contributed by atoms with Gasteiger partial charge in [0.1, 0.15) is 0 Å². The zero-order chi connectivity index (χ0) is 19.8. The first-order valence-corrected chi connectivity index (χ1v) is 9.16. The quantitative estimate of drug-likeness (QED) is 0.661. The van der Waals surface area contributed by atoms with Gasteiger partial charge in [0.05, 0.1) is 5.69 Å². The van der Waals surface area contributed by atoms with Crippen molar-refractivity contribution < 1.29 is 4.79 Å². The summed E-state index contributed by atoms with van der Waals surface area (Å²) in [7, 11) is 1.33. The van der Waals surface area contributed by atoms with Crippen LogP contribution in [0, 0.1) is 0 Å². The van der Waals surface area contributed by atoms with Crippen LogP contribution in [0.4, 0.5) is 0 Å². The van der Waals surface area contributed by atoms with Gasteiger partial charge in [0.2, 0.25) is 5.69 Å². The average Bonchev–Trinajstić information content (AvgIpc) is 2.72. The van der Waals surface area contributed by atoms with Crippen LogP contribution in [0.2, 0.25) is 5.02 Å². The van der Waals surface area contributed by atoms with E-state index in [2.05, 4.69) is 5.10 Å². The van der Waals surface area contributed by atoms with E-state index < -0.39 is 17.2 Å². The number of rotatable bonds is 2. The molecule has 0 unspecified atom stereocenters. The summed E-state index contributed by atoms with van der Waals surface area (Å²) in [5, 5.41) is 4.60. The lowest BCUT2D eigenvalue weighted by atomic mass is 10.00. The van der Waals surface area contributed by atoms with E-state index in [4.69, 9.17) is 11.6 Å². The van der Waals surface area contributed by atoms with Crippen LogP contribution in [0.1, 0.15) is 21.6 Å². The summed E-state index contributed by atoms with van der Waals surface area (Å²) in [5.41, 5.74) is 1.04. The van der Waals surface area contributed by atoms with Crippen LogP contribution in [0.3, 0.4) is 0 Å². The minimum Gasteiger partial charge on any atom is -0.332 e. The van der Waals surface area contributed by atoms with Gasteiger partial charge in [0.15, 0.2) is 0 Å². The Morgan fingerprint density at radius 3 is 2.43 bits per heavy atom. The van der Waals surface area contributed by atoms with Crippen LogP contribution in [0.15, 0.2) is 58.1 Å². The third-order valence-corrected chi connectivity index (χ3v) is 5.12. The Bertz CT molecular complexity index is 1180. The van der Waals surface area contributed by atoms with E-state index in [9.17, 15) is 14.4 Å². The van der Waals surface area contributed by atoms with Gasteiger partial charge in [-0.3, -0.25) is 14.2 Å². The molecule has 0 radical (unpaired) electrons. The third-order valence-electron chi connectivity index (χ3n) is 4.87. The fourth-order valence-electron chi connectivity index (χ4n) is 3.28. The van der Waals surface area contributed by atoms with Gasteiger partial charge in [-0.2, -0.15) is 9.78 Å². The molecular formula is C20H17ClN4O3. The van der Waals surface area contributed by atoms with Crippen LogP contribution in [-0.4, -0.2) is 31.7 Å². The van der Waals surface area contributed by atoms with Gasteiger partial charge >= 0.3 is 5.69 Å². The molecule has 0 aliphatic carbocycles. The normalized spacial score (nSPS) is 13.3. The molecule has 1 aliphatic heterocycles. The van der Waals surface area contributed by atoms with Crippen molar-refractivity contribution in [3.63, 3.8) is 0 Å². The van der Waals surface area contributed by atoms with E-state index in [0.717, 1.165) is 14.8 Å². The Balaban J connectivity index is 1.76. The molecule has 4 rings (SSSR count). The molecule has 0 N–H and O–H groups in total. The summed E-state index contributed by atoms with van der Waals surface area (Å²) < 4.78 is 1.94. The van der Waals surface area contributed by atoms with Gasteiger partial charge in [-0.15, -0.1) is 0 Å². The molecule has 8 heteroatoms. The highest BCUT2D eigenvalue weighted by molar-refractivity contribution is 6.30. The number of aromatic nitrogens is 3. The molecule has 28 heavy (non-hydrogen) atoms. The first-order valence-electron chi connectivity index (χ1n) is 8.78. The first kappa shape index (κ1) is 18.2. The van der Waals surface area contributed by atoms with Gasteiger partial charge in [0.25, 0.3) is 11.5 Å². The minimum absolute atomic E-state index is 0.281. The summed E-state index contributed by atoms with van der Waals surface area (Å²) in [6, 6.07) is 14.3. The molecule has 2 heterocycles. The molecule has 0 saturated heterocycles. The van der Waals surface area contributed by atoms with Crippen LogP contribution in [-0.2, 0) is 20.0 Å². The van der Waals surface area contributed by atoms with Gasteiger partial charge in [0, 0.05) is 25.2 Å². The van der Waals surface area contributed by atoms with Crippen molar-refractivity contribution >= 4 is 17.5 Å². The maximum Gasteiger partial charge on any atom is 0.351 e. The molecule has 0 spiro atoms. The van der Waals surface area contributed by atoms with Gasteiger partial charge in [-0.05, 0) is 41.8 Å². The molecule has 3 aromatic rings. The second kappa shape index (κ2) is 7.09. The summed E-state index contributed by atoms with van der Waals surface area (Å²) in [6.45, 7) is 0.890. The second-order valence-electron chi connectivity index (χ2n) is 6.63. The van der Waals surface area contributed by atoms with Crippen molar-refractivity contribution in [3.05, 3.63) is 91.2 Å². The smallest absolute Gasteiger partial charge is 0.332 e. The maximum absolute atomic E-state index is 13.0. The average molecular weight is 397 g/mol. The zero-order valence-corrected chi connectivity index (χ0v) is 15.9. The molecular weight excluding hydrogens is 380 g/mol. The van der Waals surface area contributed by atoms with Crippen LogP contribution >= 0.6 is 11.6 Å². The molecule has 7 nitrogen and oxygen atoms in total. The Morgan fingerprint density at radius 1 is 1.04 bits per heavy atom. The Kier molecular flexibility index (Phi) is 4.60. The SMILES string of the molecule is Cn1c(=O)c(C(=O)N2CCc3ccccc3C2)nn(-c2ccc(Cl)cc2)c1=O. The van der Waals surface area contributed by atoms with Crippen LogP contribution in [0.25, 0.3) is 5.69 Å². The van der Waals surface area contributed by atoms with Crippen LogP contribution < -0.4 is 11.2 Å². The molecule has 0 bridgehead atoms. The number of nitrogens with zero attached hydrogens (tertiary/aromatic N) is 4. The first-order chi connectivity index (χ1) is 13.5. The van der Waals surface area contributed by atoms with Gasteiger partial charge in [-0.1, -0.05) is 35.9 Å². The largest absolute Gasteiger partial charge is 0.351 e. The van der Waals surface area contributed by atoms with E-state index in [1.807, 2.05) is 24.3 Å². The molecule has 1 aromatic heterocycles. The second-order valence-corrected chi connectivity index (χ2v) is 7.07. The van der Waals surface area contributed by atoms with E-state index in [0.29, 0.717) is 30.2 Å². The Hall–Kier alpha value is -3.19. The van der Waals surface area contributed by atoms with Crippen molar-refractivity contribution in [2.75, 3.05) is 6.54 Å². The topological polar surface area (TPSA) is 77.2 Å². The van der Waals surface area contributed by atoms with Gasteiger partial charge < -0.3 is 4.90 Å². The molecule has 2 aromatic carbocycles. The highest BCUT2D eigenvalue weighted by Gasteiger charge is 2.26. The lowest BCUT2D eigenvalue weighted by Crippen LogP contribution is -2.46. The summed E-state index contributed by atoms with van der Waals surface area (Å²) in [4.78, 5) is 39.7. The third kappa shape index (κ3) is 3.14. The predicted molar refractivity (Wildman–Crippen MR) is 105 cm³/mol. The summed E-state index contributed by atoms with van der Waals surface area (Å²) in [5.74, 6) is -0.488. The molecule has 142 valence electrons. The molecule has 0 atom stereocenters. The highest BCUT2D eigenvalue weighted by atomic mass is 35.5. The monoisotopic (exact) mass is 396 g/mol. The summed E-state index contributed by atoms with van der Waals surface area (Å²) >= 11 is 5.90. The Morgan fingerprint density at radius 2 is 1.71 bits per heavy atom.